The van der Waals surface area contributed by atoms with Gasteiger partial charge in [-0.25, -0.2) is 40.6 Å². The monoisotopic (exact) mass is 1230 g/mol. The summed E-state index contributed by atoms with van der Waals surface area (Å²) in [6.07, 6.45) is 1.16. The third kappa shape index (κ3) is 16.6. The van der Waals surface area contributed by atoms with Gasteiger partial charge in [-0.15, -0.1) is 15.3 Å². The number of fused-ring (bicyclic) bond motifs is 2. The van der Waals surface area contributed by atoms with Crippen molar-refractivity contribution >= 4 is 46.8 Å². The molecule has 0 amide bonds. The number of nitrogens with one attached hydrogen (secondary N) is 2. The second kappa shape index (κ2) is 29.7. The first kappa shape index (κ1) is 67.7. The molecule has 4 aromatic heterocycles. The summed E-state index contributed by atoms with van der Waals surface area (Å²) in [5.74, 6) is 0.380. The number of aromatic amines is 2. The summed E-state index contributed by atoms with van der Waals surface area (Å²) in [5.41, 5.74) is 1.93. The Labute approximate surface area is 485 Å². The molecular weight excluding hydrogens is 1150 g/mol. The number of halogens is 4. The van der Waals surface area contributed by atoms with Crippen molar-refractivity contribution < 1.29 is 59.3 Å². The number of carbonyl (C=O) groups is 1. The second-order valence-corrected chi connectivity index (χ2v) is 24.2. The summed E-state index contributed by atoms with van der Waals surface area (Å²) in [5, 5.41) is 27.7. The molecule has 4 N–H and O–H groups in total. The van der Waals surface area contributed by atoms with Crippen LogP contribution in [-0.2, 0) is 41.5 Å². The molecule has 0 spiro atoms. The number of H-pyrrole nitrogens is 2. The summed E-state index contributed by atoms with van der Waals surface area (Å²) in [6, 6.07) is 9.06. The third-order valence-corrected chi connectivity index (χ3v) is 16.7. The van der Waals surface area contributed by atoms with E-state index in [1.54, 1.807) is 31.4 Å². The molecule has 0 bridgehead atoms. The fourth-order valence-corrected chi connectivity index (χ4v) is 11.4. The highest BCUT2D eigenvalue weighted by molar-refractivity contribution is 8.13. The standard InChI is InChI=1S/C25H36N6O5S.C17H19ClN4O4S.C10H17F3N2O3.CH4/c1-5-9-22-26-17(3)23-25(33)27-24(28-31(22)23)20-14-19(10-11-21(20)36-6-2)37(34,35)30-15-18(16-30)29(4)12-7-8-13-32;1-4-6-14-19-10(3)15-17(23)20-16(21-22(14)15)12-9-11(27(18,24)25)7-8-13(12)26-5-2;1-14(4-2-3-5-16)8-6-15(7-8)18-9(17)10(11,12)13;/h10-11,14,18,32H,5-9,12-13,15-16H2,1-4H3,(H,27,28,33);7-9H,4-6H2,1-3H3,(H,20,21,23);8,16H,2-7H2,1H3;1H4. The van der Waals surface area contributed by atoms with Crippen molar-refractivity contribution in [3.63, 3.8) is 0 Å². The smallest absolute Gasteiger partial charge is 0.492 e. The molecule has 2 saturated heterocycles. The number of imidazole rings is 2. The molecule has 0 atom stereocenters. The molecule has 0 aliphatic carbocycles. The van der Waals surface area contributed by atoms with Crippen molar-refractivity contribution in [1.29, 1.82) is 0 Å². The molecule has 6 aromatic rings. The molecule has 2 aromatic carbocycles. The van der Waals surface area contributed by atoms with Crippen molar-refractivity contribution in [1.82, 2.24) is 58.3 Å². The van der Waals surface area contributed by atoms with Crippen molar-refractivity contribution in [2.75, 3.05) is 79.8 Å². The summed E-state index contributed by atoms with van der Waals surface area (Å²) >= 11 is 0. The second-order valence-electron chi connectivity index (χ2n) is 19.6. The lowest BCUT2D eigenvalue weighted by Gasteiger charge is -2.43. The molecule has 83 heavy (non-hydrogen) atoms. The zero-order valence-corrected chi connectivity index (χ0v) is 49.5. The van der Waals surface area contributed by atoms with E-state index in [-0.39, 0.29) is 78.4 Å². The third-order valence-electron chi connectivity index (χ3n) is 13.5. The van der Waals surface area contributed by atoms with E-state index < -0.39 is 31.2 Å². The number of likely N-dealkylation sites (N-methyl/N-ethyl adjacent to an activating group) is 2. The number of aliphatic hydroxyl groups excluding tert-OH is 2. The number of rotatable bonds is 24. The quantitative estimate of drug-likeness (QED) is 0.0428. The van der Waals surface area contributed by atoms with Crippen molar-refractivity contribution in [2.24, 2.45) is 0 Å². The van der Waals surface area contributed by atoms with Crippen LogP contribution in [0.1, 0.15) is 96.7 Å². The molecule has 460 valence electrons. The molecule has 30 heteroatoms. The molecule has 0 unspecified atom stereocenters. The van der Waals surface area contributed by atoms with E-state index in [1.807, 2.05) is 39.8 Å². The predicted octanol–water partition coefficient (Wildman–Crippen LogP) is 5.52. The number of hydroxylamine groups is 2. The van der Waals surface area contributed by atoms with E-state index in [0.29, 0.717) is 102 Å². The first-order valence-electron chi connectivity index (χ1n) is 26.9. The largest absolute Gasteiger partial charge is 0.493 e. The van der Waals surface area contributed by atoms with Gasteiger partial charge in [0, 0.05) is 61.9 Å². The molecule has 2 aliphatic rings. The zero-order valence-electron chi connectivity index (χ0n) is 47.1. The Kier molecular flexibility index (Phi) is 24.2. The molecule has 24 nitrogen and oxygen atoms in total. The topological polar surface area (TPSA) is 293 Å². The van der Waals surface area contributed by atoms with Gasteiger partial charge in [-0.05, 0) is 130 Å². The molecule has 2 fully saturated rings. The lowest BCUT2D eigenvalue weighted by molar-refractivity contribution is -0.258. The van der Waals surface area contributed by atoms with Crippen LogP contribution >= 0.6 is 10.7 Å². The number of ether oxygens (including phenoxy) is 2. The predicted molar refractivity (Wildman–Crippen MR) is 306 cm³/mol. The minimum Gasteiger partial charge on any atom is -0.493 e. The zero-order chi connectivity index (χ0) is 60.3. The Morgan fingerprint density at radius 1 is 0.711 bits per heavy atom. The maximum Gasteiger partial charge on any atom is 0.492 e. The number of aromatic nitrogens is 8. The number of benzene rings is 2. The van der Waals surface area contributed by atoms with Crippen LogP contribution in [0.25, 0.3) is 33.8 Å². The van der Waals surface area contributed by atoms with E-state index in [4.69, 9.17) is 30.4 Å². The van der Waals surface area contributed by atoms with Crippen LogP contribution in [0, 0.1) is 13.8 Å². The van der Waals surface area contributed by atoms with Gasteiger partial charge in [0.2, 0.25) is 10.0 Å². The molecule has 0 saturated carbocycles. The molecule has 2 aliphatic heterocycles. The Morgan fingerprint density at radius 2 is 1.13 bits per heavy atom. The number of unbranched alkanes of at least 4 members (excludes halogenated alkanes) is 2. The van der Waals surface area contributed by atoms with Crippen molar-refractivity contribution in [3.05, 3.63) is 80.1 Å². The van der Waals surface area contributed by atoms with Crippen molar-refractivity contribution in [2.45, 2.75) is 128 Å². The lowest BCUT2D eigenvalue weighted by atomic mass is 10.1. The van der Waals surface area contributed by atoms with E-state index in [9.17, 15) is 44.4 Å². The van der Waals surface area contributed by atoms with E-state index in [2.05, 4.69) is 39.9 Å². The molecule has 6 heterocycles. The van der Waals surface area contributed by atoms with Gasteiger partial charge in [-0.2, -0.15) is 17.5 Å². The molecule has 8 rings (SSSR count). The summed E-state index contributed by atoms with van der Waals surface area (Å²) < 4.78 is 102. The van der Waals surface area contributed by atoms with Gasteiger partial charge in [0.15, 0.2) is 22.7 Å². The highest BCUT2D eigenvalue weighted by Gasteiger charge is 2.45. The maximum atomic E-state index is 13.4. The van der Waals surface area contributed by atoms with Crippen LogP contribution in [0.4, 0.5) is 13.2 Å². The number of hydrogen-bond acceptors (Lipinski definition) is 19. The van der Waals surface area contributed by atoms with Crippen molar-refractivity contribution in [3.8, 4) is 34.3 Å². The fourth-order valence-electron chi connectivity index (χ4n) is 9.04. The van der Waals surface area contributed by atoms with Gasteiger partial charge in [0.1, 0.15) is 23.1 Å². The van der Waals surface area contributed by atoms with Crippen LogP contribution in [0.5, 0.6) is 11.5 Å². The van der Waals surface area contributed by atoms with Crippen LogP contribution < -0.4 is 20.6 Å². The Balaban J connectivity index is 0.000000241. The summed E-state index contributed by atoms with van der Waals surface area (Å²) in [4.78, 5) is 58.8. The average molecular weight is 1230 g/mol. The SMILES string of the molecule is C.CCCc1nc(C)c2c(=O)[nH]c(-c3cc(S(=O)(=O)Cl)ccc3OCC)nn12.CCCc1nc(C)c2c(=O)[nH]c(-c3cc(S(=O)(=O)N4CC(N(C)CCCCO)C4)ccc3OCC)nn12.CN(CCCCO)C1CN(OC(=O)C(F)(F)F)C1. The van der Waals surface area contributed by atoms with Crippen LogP contribution in [0.2, 0.25) is 0 Å². The van der Waals surface area contributed by atoms with E-state index >= 15 is 0 Å². The van der Waals surface area contributed by atoms with E-state index in [0.717, 1.165) is 50.3 Å². The van der Waals surface area contributed by atoms with Gasteiger partial charge in [0.25, 0.3) is 20.2 Å². The first-order valence-corrected chi connectivity index (χ1v) is 30.7. The van der Waals surface area contributed by atoms with E-state index in [1.165, 1.54) is 39.2 Å². The number of alkyl halides is 3. The summed E-state index contributed by atoms with van der Waals surface area (Å²) in [6.45, 7) is 15.1. The van der Waals surface area contributed by atoms with Gasteiger partial charge in [-0.1, -0.05) is 21.3 Å². The number of aliphatic hydroxyl groups is 2. The highest BCUT2D eigenvalue weighted by Crippen LogP contribution is 2.34. The van der Waals surface area contributed by atoms with Gasteiger partial charge < -0.3 is 44.3 Å². The Morgan fingerprint density at radius 3 is 1.53 bits per heavy atom. The lowest BCUT2D eigenvalue weighted by Crippen LogP contribution is -2.60. The Bertz CT molecular complexity index is 3510. The number of sulfonamides is 1. The normalized spacial score (nSPS) is 14.4. The Hall–Kier alpha value is -6.05. The maximum absolute atomic E-state index is 13.4. The molecule has 0 radical (unpaired) electrons. The van der Waals surface area contributed by atoms with Gasteiger partial charge in [-0.3, -0.25) is 9.59 Å². The van der Waals surface area contributed by atoms with Gasteiger partial charge >= 0.3 is 12.1 Å². The average Bonchev–Trinajstić information content (AvgIpc) is 4.18. The van der Waals surface area contributed by atoms with Crippen LogP contribution in [-0.4, -0.2) is 189 Å². The van der Waals surface area contributed by atoms with Crippen LogP contribution in [0.15, 0.2) is 55.8 Å². The van der Waals surface area contributed by atoms with Gasteiger partial charge in [0.05, 0.1) is 58.6 Å². The number of aryl methyl sites for hydroxylation is 4. The number of hydrogen-bond donors (Lipinski definition) is 4. The minimum absolute atomic E-state index is 0. The number of nitrogens with zero attached hydrogens (tertiary/aromatic N) is 10. The minimum atomic E-state index is -4.95. The first-order chi connectivity index (χ1) is 38.8. The fraction of sp³-hybridized carbons (Fsp3) is 0.566. The van der Waals surface area contributed by atoms with Crippen LogP contribution in [0.3, 0.4) is 0 Å². The number of carbonyl (C=O) groups excluding carboxylic acids is 1. The summed E-state index contributed by atoms with van der Waals surface area (Å²) in [7, 11) is 1.59. The molecular formula is C53H76ClF3N12O12S2. The highest BCUT2D eigenvalue weighted by atomic mass is 35.7.